The van der Waals surface area contributed by atoms with Crippen LogP contribution in [-0.2, 0) is 9.59 Å². The number of hydrogen-bond donors (Lipinski definition) is 3. The van der Waals surface area contributed by atoms with Crippen LogP contribution in [0.3, 0.4) is 0 Å². The molecule has 4 aromatic rings. The molecule has 214 valence electrons. The van der Waals surface area contributed by atoms with Crippen LogP contribution in [0.25, 0.3) is 6.08 Å². The molecular formula is C34H33N3O4S. The Labute approximate surface area is 250 Å². The Morgan fingerprint density at radius 3 is 2.19 bits per heavy atom. The second-order valence-corrected chi connectivity index (χ2v) is 10.8. The molecule has 0 aromatic heterocycles. The second kappa shape index (κ2) is 14.7. The molecule has 0 heterocycles. The molecule has 42 heavy (non-hydrogen) atoms. The molecule has 4 aromatic carbocycles. The summed E-state index contributed by atoms with van der Waals surface area (Å²) < 4.78 is 5.19. The zero-order valence-electron chi connectivity index (χ0n) is 23.7. The van der Waals surface area contributed by atoms with Gasteiger partial charge in [-0.3, -0.25) is 14.4 Å². The number of hydrogen-bond acceptors (Lipinski definition) is 5. The minimum absolute atomic E-state index is 0.119. The van der Waals surface area contributed by atoms with Gasteiger partial charge in [0.25, 0.3) is 11.8 Å². The van der Waals surface area contributed by atoms with Gasteiger partial charge in [0, 0.05) is 27.9 Å². The Morgan fingerprint density at radius 2 is 1.52 bits per heavy atom. The summed E-state index contributed by atoms with van der Waals surface area (Å²) in [5, 5.41) is 8.48. The van der Waals surface area contributed by atoms with Gasteiger partial charge in [-0.15, -0.1) is 11.8 Å². The van der Waals surface area contributed by atoms with Crippen LogP contribution in [0.4, 0.5) is 11.4 Å². The summed E-state index contributed by atoms with van der Waals surface area (Å²) in [5.41, 5.74) is 3.76. The second-order valence-electron chi connectivity index (χ2n) is 9.75. The third-order valence-electron chi connectivity index (χ3n) is 6.28. The van der Waals surface area contributed by atoms with Crippen LogP contribution in [0.2, 0.25) is 0 Å². The zero-order valence-corrected chi connectivity index (χ0v) is 24.5. The summed E-state index contributed by atoms with van der Waals surface area (Å²) in [5.74, 6) is 0.291. The molecule has 0 atom stereocenters. The lowest BCUT2D eigenvalue weighted by Gasteiger charge is -2.12. The van der Waals surface area contributed by atoms with E-state index in [4.69, 9.17) is 4.74 Å². The monoisotopic (exact) mass is 579 g/mol. The summed E-state index contributed by atoms with van der Waals surface area (Å²) in [7, 11) is 1.58. The molecule has 0 unspecified atom stereocenters. The number of amides is 3. The fraction of sp³-hybridized carbons (Fsp3) is 0.147. The molecule has 0 radical (unpaired) electrons. The SMILES string of the molecule is COc1cccc(NC(=O)CSc2ccc(NC(=O)/C(=C/c3ccc(C(C)C)cc3)NC(=O)c3ccccc3)cc2)c1. The van der Waals surface area contributed by atoms with E-state index in [0.29, 0.717) is 28.6 Å². The molecule has 3 amide bonds. The molecule has 8 heteroatoms. The lowest BCUT2D eigenvalue weighted by Crippen LogP contribution is -2.30. The van der Waals surface area contributed by atoms with Crippen LogP contribution in [0.15, 0.2) is 114 Å². The van der Waals surface area contributed by atoms with Gasteiger partial charge in [0.15, 0.2) is 0 Å². The molecule has 4 rings (SSSR count). The van der Waals surface area contributed by atoms with Gasteiger partial charge in [0.05, 0.1) is 12.9 Å². The highest BCUT2D eigenvalue weighted by Crippen LogP contribution is 2.22. The van der Waals surface area contributed by atoms with Gasteiger partial charge in [0.2, 0.25) is 5.91 Å². The van der Waals surface area contributed by atoms with Crippen molar-refractivity contribution in [3.05, 3.63) is 126 Å². The Kier molecular flexibility index (Phi) is 10.6. The molecule has 0 bridgehead atoms. The van der Waals surface area contributed by atoms with Crippen molar-refractivity contribution >= 4 is 46.9 Å². The lowest BCUT2D eigenvalue weighted by atomic mass is 10.0. The fourth-order valence-electron chi connectivity index (χ4n) is 3.97. The summed E-state index contributed by atoms with van der Waals surface area (Å²) in [6.07, 6.45) is 1.66. The van der Waals surface area contributed by atoms with E-state index >= 15 is 0 Å². The third kappa shape index (κ3) is 8.84. The average Bonchev–Trinajstić information content (AvgIpc) is 3.01. The van der Waals surface area contributed by atoms with E-state index in [-0.39, 0.29) is 23.3 Å². The Balaban J connectivity index is 1.41. The molecule has 0 fully saturated rings. The molecule has 0 spiro atoms. The van der Waals surface area contributed by atoms with Gasteiger partial charge in [-0.25, -0.2) is 0 Å². The summed E-state index contributed by atoms with van der Waals surface area (Å²) >= 11 is 1.38. The normalized spacial score (nSPS) is 11.1. The van der Waals surface area contributed by atoms with Crippen molar-refractivity contribution in [3.63, 3.8) is 0 Å². The molecule has 0 aliphatic rings. The van der Waals surface area contributed by atoms with Crippen LogP contribution in [-0.4, -0.2) is 30.6 Å². The fourth-order valence-corrected chi connectivity index (χ4v) is 4.66. The Hall–Kier alpha value is -4.82. The Bertz CT molecular complexity index is 1550. The van der Waals surface area contributed by atoms with Gasteiger partial charge in [0.1, 0.15) is 11.4 Å². The van der Waals surface area contributed by atoms with E-state index in [1.165, 1.54) is 17.3 Å². The first-order valence-electron chi connectivity index (χ1n) is 13.5. The third-order valence-corrected chi connectivity index (χ3v) is 7.29. The smallest absolute Gasteiger partial charge is 0.272 e. The zero-order chi connectivity index (χ0) is 29.9. The Morgan fingerprint density at radius 1 is 0.810 bits per heavy atom. The predicted molar refractivity (Wildman–Crippen MR) is 170 cm³/mol. The van der Waals surface area contributed by atoms with Gasteiger partial charge < -0.3 is 20.7 Å². The first kappa shape index (κ1) is 30.1. The van der Waals surface area contributed by atoms with Crippen LogP contribution in [0.5, 0.6) is 5.75 Å². The molecule has 7 nitrogen and oxygen atoms in total. The van der Waals surface area contributed by atoms with Crippen LogP contribution >= 0.6 is 11.8 Å². The summed E-state index contributed by atoms with van der Waals surface area (Å²) in [4.78, 5) is 39.5. The maximum Gasteiger partial charge on any atom is 0.272 e. The van der Waals surface area contributed by atoms with Crippen molar-refractivity contribution in [3.8, 4) is 5.75 Å². The lowest BCUT2D eigenvalue weighted by molar-refractivity contribution is -0.114. The number of carbonyl (C=O) groups excluding carboxylic acids is 3. The number of ether oxygens (including phenoxy) is 1. The maximum atomic E-state index is 13.3. The summed E-state index contributed by atoms with van der Waals surface area (Å²) in [6, 6.07) is 31.0. The number of benzene rings is 4. The molecule has 0 saturated carbocycles. The van der Waals surface area contributed by atoms with Gasteiger partial charge in [-0.05, 0) is 71.7 Å². The van der Waals surface area contributed by atoms with Crippen molar-refractivity contribution in [1.29, 1.82) is 0 Å². The number of carbonyl (C=O) groups is 3. The highest BCUT2D eigenvalue weighted by molar-refractivity contribution is 8.00. The quantitative estimate of drug-likeness (QED) is 0.132. The molecule has 3 N–H and O–H groups in total. The van der Waals surface area contributed by atoms with Crippen molar-refractivity contribution < 1.29 is 19.1 Å². The first-order chi connectivity index (χ1) is 20.3. The molecule has 0 aliphatic heterocycles. The van der Waals surface area contributed by atoms with E-state index in [1.807, 2.05) is 54.6 Å². The van der Waals surface area contributed by atoms with Gasteiger partial charge >= 0.3 is 0 Å². The van der Waals surface area contributed by atoms with Crippen LogP contribution in [0, 0.1) is 0 Å². The van der Waals surface area contributed by atoms with E-state index in [9.17, 15) is 14.4 Å². The predicted octanol–water partition coefficient (Wildman–Crippen LogP) is 6.96. The topological polar surface area (TPSA) is 96.5 Å². The minimum atomic E-state index is -0.453. The van der Waals surface area contributed by atoms with E-state index in [0.717, 1.165) is 10.5 Å². The van der Waals surface area contributed by atoms with Crippen molar-refractivity contribution in [2.24, 2.45) is 0 Å². The highest BCUT2D eigenvalue weighted by atomic mass is 32.2. The van der Waals surface area contributed by atoms with E-state index in [2.05, 4.69) is 29.8 Å². The number of methoxy groups -OCH3 is 1. The first-order valence-corrected chi connectivity index (χ1v) is 14.5. The maximum absolute atomic E-state index is 13.3. The number of nitrogens with one attached hydrogen (secondary N) is 3. The number of thioether (sulfide) groups is 1. The van der Waals surface area contributed by atoms with Gasteiger partial charge in [-0.2, -0.15) is 0 Å². The van der Waals surface area contributed by atoms with Crippen molar-refractivity contribution in [1.82, 2.24) is 5.32 Å². The van der Waals surface area contributed by atoms with Crippen LogP contribution < -0.4 is 20.7 Å². The molecule has 0 aliphatic carbocycles. The minimum Gasteiger partial charge on any atom is -0.497 e. The number of rotatable bonds is 11. The van der Waals surface area contributed by atoms with Gasteiger partial charge in [-0.1, -0.05) is 62.4 Å². The van der Waals surface area contributed by atoms with E-state index < -0.39 is 5.91 Å². The molecule has 0 saturated heterocycles. The van der Waals surface area contributed by atoms with E-state index in [1.54, 1.807) is 61.7 Å². The number of anilines is 2. The van der Waals surface area contributed by atoms with Crippen LogP contribution in [0.1, 0.15) is 41.3 Å². The molecular weight excluding hydrogens is 546 g/mol. The summed E-state index contributed by atoms with van der Waals surface area (Å²) in [6.45, 7) is 4.23. The largest absolute Gasteiger partial charge is 0.497 e. The standard InChI is InChI=1S/C34H33N3O4S/c1-23(2)25-14-12-24(13-15-25)20-31(37-33(39)26-8-5-4-6-9-26)34(40)36-27-16-18-30(19-17-27)42-22-32(38)35-28-10-7-11-29(21-28)41-3/h4-21,23H,22H2,1-3H3,(H,35,38)(H,36,40)(H,37,39)/b31-20-. The van der Waals surface area contributed by atoms with Crippen molar-refractivity contribution in [2.45, 2.75) is 24.7 Å². The highest BCUT2D eigenvalue weighted by Gasteiger charge is 2.15. The van der Waals surface area contributed by atoms with Crippen molar-refractivity contribution in [2.75, 3.05) is 23.5 Å². The average molecular weight is 580 g/mol.